The van der Waals surface area contributed by atoms with Crippen molar-refractivity contribution >= 4 is 32.2 Å². The van der Waals surface area contributed by atoms with Crippen molar-refractivity contribution in [1.29, 1.82) is 0 Å². The zero-order chi connectivity index (χ0) is 12.4. The van der Waals surface area contributed by atoms with Gasteiger partial charge in [0, 0.05) is 10.7 Å². The van der Waals surface area contributed by atoms with Gasteiger partial charge in [-0.15, -0.1) is 0 Å². The molecule has 0 radical (unpaired) electrons. The van der Waals surface area contributed by atoms with E-state index in [0.29, 0.717) is 5.69 Å². The fraction of sp³-hybridized carbons (Fsp3) is 0.400. The van der Waals surface area contributed by atoms with Crippen molar-refractivity contribution in [2.24, 2.45) is 4.40 Å². The van der Waals surface area contributed by atoms with E-state index in [4.69, 9.17) is 0 Å². The number of hydrogen-bond acceptors (Lipinski definition) is 3. The Morgan fingerprint density at radius 3 is 2.44 bits per heavy atom. The third kappa shape index (κ3) is 3.38. The molecule has 0 aliphatic heterocycles. The first-order chi connectivity index (χ1) is 7.22. The highest BCUT2D eigenvalue weighted by Gasteiger charge is 2.27. The summed E-state index contributed by atoms with van der Waals surface area (Å²) in [6.07, 6.45) is 2.85. The molecule has 1 rings (SSSR count). The Kier molecular flexibility index (Phi) is 3.85. The van der Waals surface area contributed by atoms with Crippen LogP contribution in [-0.2, 0) is 10.0 Å². The molecule has 1 aromatic rings. The summed E-state index contributed by atoms with van der Waals surface area (Å²) in [5, 5.41) is 0. The topological polar surface area (TPSA) is 59.4 Å². The van der Waals surface area contributed by atoms with Gasteiger partial charge in [-0.2, -0.15) is 4.40 Å². The summed E-state index contributed by atoms with van der Waals surface area (Å²) in [5.74, 6) is 0. The van der Waals surface area contributed by atoms with Crippen LogP contribution in [-0.4, -0.2) is 24.4 Å². The van der Waals surface area contributed by atoms with E-state index in [0.717, 1.165) is 4.47 Å². The summed E-state index contributed by atoms with van der Waals surface area (Å²) in [6, 6.07) is 3.46. The molecule has 4 nitrogen and oxygen atoms in total. The molecule has 16 heavy (non-hydrogen) atoms. The predicted molar refractivity (Wildman–Crippen MR) is 68.2 cm³/mol. The van der Waals surface area contributed by atoms with Crippen molar-refractivity contribution in [3.63, 3.8) is 0 Å². The van der Waals surface area contributed by atoms with E-state index in [-0.39, 0.29) is 0 Å². The molecule has 0 amide bonds. The normalized spacial score (nSPS) is 13.2. The van der Waals surface area contributed by atoms with Crippen LogP contribution < -0.4 is 0 Å². The second kappa shape index (κ2) is 4.63. The van der Waals surface area contributed by atoms with Gasteiger partial charge in [-0.05, 0) is 48.8 Å². The van der Waals surface area contributed by atoms with Gasteiger partial charge in [0.25, 0.3) is 10.0 Å². The summed E-state index contributed by atoms with van der Waals surface area (Å²) in [6.45, 7) is 4.82. The van der Waals surface area contributed by atoms with Gasteiger partial charge in [-0.1, -0.05) is 0 Å². The Hall–Kier alpha value is -0.750. The molecule has 0 atom stereocenters. The molecule has 0 spiro atoms. The highest BCUT2D eigenvalue weighted by Crippen LogP contribution is 2.16. The van der Waals surface area contributed by atoms with Gasteiger partial charge in [-0.3, -0.25) is 4.98 Å². The minimum absolute atomic E-state index is 0.510. The fourth-order valence-electron chi connectivity index (χ4n) is 0.745. The maximum atomic E-state index is 11.7. The van der Waals surface area contributed by atoms with E-state index in [9.17, 15) is 8.42 Å². The van der Waals surface area contributed by atoms with Gasteiger partial charge in [0.05, 0.1) is 16.7 Å². The number of hydrogen-bond donors (Lipinski definition) is 0. The number of halogens is 1. The lowest BCUT2D eigenvalue weighted by atomic mass is 10.3. The molecule has 0 unspecified atom stereocenters. The fourth-order valence-corrected chi connectivity index (χ4v) is 1.54. The standard InChI is InChI=1S/C10H13BrN2O2S/c1-10(2,3)16(14,15)13-7-9-5-4-8(11)6-12-9/h4-7H,1-3H3. The van der Waals surface area contributed by atoms with Crippen molar-refractivity contribution in [2.75, 3.05) is 0 Å². The van der Waals surface area contributed by atoms with Crippen LogP contribution in [0.1, 0.15) is 26.5 Å². The molecule has 0 saturated carbocycles. The second-order valence-corrected chi connectivity index (χ2v) is 7.52. The zero-order valence-electron chi connectivity index (χ0n) is 9.31. The highest BCUT2D eigenvalue weighted by atomic mass is 79.9. The lowest BCUT2D eigenvalue weighted by molar-refractivity contribution is 0.562. The maximum Gasteiger partial charge on any atom is 0.258 e. The van der Waals surface area contributed by atoms with Gasteiger partial charge >= 0.3 is 0 Å². The van der Waals surface area contributed by atoms with E-state index >= 15 is 0 Å². The number of nitrogens with zero attached hydrogens (tertiary/aromatic N) is 2. The number of aromatic nitrogens is 1. The van der Waals surface area contributed by atoms with Crippen LogP contribution >= 0.6 is 15.9 Å². The SMILES string of the molecule is CC(C)(C)S(=O)(=O)N=Cc1ccc(Br)cn1. The van der Waals surface area contributed by atoms with Crippen LogP contribution in [0.25, 0.3) is 0 Å². The smallest absolute Gasteiger partial charge is 0.254 e. The molecule has 0 saturated heterocycles. The Morgan fingerprint density at radius 1 is 1.38 bits per heavy atom. The first kappa shape index (κ1) is 13.3. The average molecular weight is 305 g/mol. The number of rotatable bonds is 2. The lowest BCUT2D eigenvalue weighted by Crippen LogP contribution is -2.25. The van der Waals surface area contributed by atoms with Crippen molar-refractivity contribution in [2.45, 2.75) is 25.5 Å². The van der Waals surface area contributed by atoms with E-state index in [1.807, 2.05) is 0 Å². The molecule has 0 fully saturated rings. The Labute approximate surface area is 104 Å². The van der Waals surface area contributed by atoms with Crippen LogP contribution in [0.4, 0.5) is 0 Å². The van der Waals surface area contributed by atoms with Crippen LogP contribution in [0.5, 0.6) is 0 Å². The average Bonchev–Trinajstić information content (AvgIpc) is 2.15. The predicted octanol–water partition coefficient (Wildman–Crippen LogP) is 2.39. The molecule has 6 heteroatoms. The molecule has 1 heterocycles. The van der Waals surface area contributed by atoms with Crippen LogP contribution in [0.3, 0.4) is 0 Å². The quantitative estimate of drug-likeness (QED) is 0.788. The van der Waals surface area contributed by atoms with E-state index < -0.39 is 14.8 Å². The molecular formula is C10H13BrN2O2S. The Morgan fingerprint density at radius 2 is 2.00 bits per heavy atom. The van der Waals surface area contributed by atoms with Crippen molar-refractivity contribution < 1.29 is 8.42 Å². The summed E-state index contributed by atoms with van der Waals surface area (Å²) in [5.41, 5.74) is 0.510. The van der Waals surface area contributed by atoms with E-state index in [1.54, 1.807) is 39.1 Å². The summed E-state index contributed by atoms with van der Waals surface area (Å²) in [4.78, 5) is 4.00. The maximum absolute atomic E-state index is 11.7. The summed E-state index contributed by atoms with van der Waals surface area (Å²) < 4.78 is 26.9. The van der Waals surface area contributed by atoms with Gasteiger partial charge < -0.3 is 0 Å². The minimum Gasteiger partial charge on any atom is -0.254 e. The Bertz CT molecular complexity index is 487. The van der Waals surface area contributed by atoms with Crippen LogP contribution in [0.15, 0.2) is 27.2 Å². The van der Waals surface area contributed by atoms with Gasteiger partial charge in [0.2, 0.25) is 0 Å². The van der Waals surface area contributed by atoms with E-state index in [1.165, 1.54) is 6.21 Å². The van der Waals surface area contributed by atoms with E-state index in [2.05, 4.69) is 25.3 Å². The first-order valence-electron chi connectivity index (χ1n) is 4.64. The number of pyridine rings is 1. The van der Waals surface area contributed by atoms with Crippen LogP contribution in [0, 0.1) is 0 Å². The highest BCUT2D eigenvalue weighted by molar-refractivity contribution is 9.10. The summed E-state index contributed by atoms with van der Waals surface area (Å²) >= 11 is 3.24. The van der Waals surface area contributed by atoms with Crippen molar-refractivity contribution in [1.82, 2.24) is 4.98 Å². The molecule has 0 aromatic carbocycles. The lowest BCUT2D eigenvalue weighted by Gasteiger charge is -2.14. The molecule has 0 aliphatic rings. The van der Waals surface area contributed by atoms with Crippen molar-refractivity contribution in [3.05, 3.63) is 28.5 Å². The molecule has 0 aliphatic carbocycles. The minimum atomic E-state index is -3.49. The molecular weight excluding hydrogens is 292 g/mol. The van der Waals surface area contributed by atoms with Crippen LogP contribution in [0.2, 0.25) is 0 Å². The molecule has 0 bridgehead atoms. The largest absolute Gasteiger partial charge is 0.258 e. The third-order valence-corrected chi connectivity index (χ3v) is 4.25. The first-order valence-corrected chi connectivity index (χ1v) is 6.87. The zero-order valence-corrected chi connectivity index (χ0v) is 11.7. The Balaban J connectivity index is 2.94. The van der Waals surface area contributed by atoms with Gasteiger partial charge in [0.15, 0.2) is 0 Å². The molecule has 0 N–H and O–H groups in total. The molecule has 1 aromatic heterocycles. The second-order valence-electron chi connectivity index (χ2n) is 4.22. The van der Waals surface area contributed by atoms with Gasteiger partial charge in [0.1, 0.15) is 0 Å². The van der Waals surface area contributed by atoms with Crippen molar-refractivity contribution in [3.8, 4) is 0 Å². The monoisotopic (exact) mass is 304 g/mol. The third-order valence-electron chi connectivity index (χ3n) is 1.85. The molecule has 88 valence electrons. The van der Waals surface area contributed by atoms with Gasteiger partial charge in [-0.25, -0.2) is 8.42 Å². The number of sulfonamides is 1. The summed E-state index contributed by atoms with van der Waals surface area (Å²) in [7, 11) is -3.49.